The summed E-state index contributed by atoms with van der Waals surface area (Å²) < 4.78 is 40.9. The maximum Gasteiger partial charge on any atom is 0.355 e. The lowest BCUT2D eigenvalue weighted by atomic mass is 10.2. The SMILES string of the molecule is Cn1cc(S(=O)(=O)N2CCCC2)cc1C(=O)OCc1nc2ccccc2c(=O)n1Cc1ccco1. The molecule has 0 aliphatic carbocycles. The summed E-state index contributed by atoms with van der Waals surface area (Å²) in [6.07, 6.45) is 4.56. The third kappa shape index (κ3) is 4.40. The van der Waals surface area contributed by atoms with Crippen molar-refractivity contribution < 1.29 is 22.4 Å². The second-order valence-electron chi connectivity index (χ2n) is 8.38. The molecule has 4 aromatic rings. The molecule has 0 amide bonds. The van der Waals surface area contributed by atoms with E-state index >= 15 is 0 Å². The van der Waals surface area contributed by atoms with Crippen molar-refractivity contribution in [2.75, 3.05) is 13.1 Å². The Morgan fingerprint density at radius 1 is 1.14 bits per heavy atom. The number of aromatic nitrogens is 3. The summed E-state index contributed by atoms with van der Waals surface area (Å²) in [4.78, 5) is 30.6. The van der Waals surface area contributed by atoms with Gasteiger partial charge in [0, 0.05) is 26.3 Å². The summed E-state index contributed by atoms with van der Waals surface area (Å²) in [5.41, 5.74) is 0.288. The molecule has 0 N–H and O–H groups in total. The Bertz CT molecular complexity index is 1550. The summed E-state index contributed by atoms with van der Waals surface area (Å²) in [5.74, 6) is 0.0795. The van der Waals surface area contributed by atoms with E-state index in [9.17, 15) is 18.0 Å². The molecule has 1 aliphatic rings. The fourth-order valence-corrected chi connectivity index (χ4v) is 5.79. The number of para-hydroxylation sites is 1. The van der Waals surface area contributed by atoms with Crippen molar-refractivity contribution in [2.45, 2.75) is 30.9 Å². The van der Waals surface area contributed by atoms with Gasteiger partial charge in [-0.05, 0) is 43.2 Å². The van der Waals surface area contributed by atoms with Gasteiger partial charge in [-0.3, -0.25) is 9.36 Å². The van der Waals surface area contributed by atoms with Crippen LogP contribution in [0.5, 0.6) is 0 Å². The highest BCUT2D eigenvalue weighted by Gasteiger charge is 2.30. The van der Waals surface area contributed by atoms with Crippen LogP contribution in [0.1, 0.15) is 34.9 Å². The molecule has 0 spiro atoms. The van der Waals surface area contributed by atoms with Crippen LogP contribution in [-0.4, -0.2) is 45.9 Å². The molecule has 0 bridgehead atoms. The molecule has 0 radical (unpaired) electrons. The average Bonchev–Trinajstić information content (AvgIpc) is 3.62. The van der Waals surface area contributed by atoms with Crippen LogP contribution < -0.4 is 5.56 Å². The molecule has 1 aliphatic heterocycles. The van der Waals surface area contributed by atoms with Gasteiger partial charge in [0.1, 0.15) is 23.0 Å². The molecule has 0 saturated carbocycles. The van der Waals surface area contributed by atoms with Crippen LogP contribution in [0.3, 0.4) is 0 Å². The predicted molar refractivity (Wildman–Crippen MR) is 126 cm³/mol. The Labute approximate surface area is 201 Å². The van der Waals surface area contributed by atoms with Gasteiger partial charge < -0.3 is 13.7 Å². The Morgan fingerprint density at radius 3 is 2.66 bits per heavy atom. The van der Waals surface area contributed by atoms with E-state index in [1.54, 1.807) is 43.4 Å². The molecular weight excluding hydrogens is 472 g/mol. The van der Waals surface area contributed by atoms with Crippen LogP contribution in [0.25, 0.3) is 10.9 Å². The van der Waals surface area contributed by atoms with E-state index in [4.69, 9.17) is 9.15 Å². The molecule has 3 aromatic heterocycles. The smallest absolute Gasteiger partial charge is 0.355 e. The van der Waals surface area contributed by atoms with Crippen molar-refractivity contribution >= 4 is 26.9 Å². The lowest BCUT2D eigenvalue weighted by Crippen LogP contribution is -2.27. The van der Waals surface area contributed by atoms with Gasteiger partial charge >= 0.3 is 5.97 Å². The van der Waals surface area contributed by atoms with Gasteiger partial charge in [-0.15, -0.1) is 0 Å². The molecule has 182 valence electrons. The van der Waals surface area contributed by atoms with Crippen LogP contribution in [0.2, 0.25) is 0 Å². The summed E-state index contributed by atoms with van der Waals surface area (Å²) in [7, 11) is -2.09. The van der Waals surface area contributed by atoms with E-state index < -0.39 is 16.0 Å². The van der Waals surface area contributed by atoms with Crippen molar-refractivity contribution in [1.29, 1.82) is 0 Å². The molecule has 1 fully saturated rings. The summed E-state index contributed by atoms with van der Waals surface area (Å²) in [6, 6.07) is 11.7. The first-order chi connectivity index (χ1) is 16.8. The molecule has 1 aromatic carbocycles. The maximum atomic E-state index is 13.1. The zero-order valence-corrected chi connectivity index (χ0v) is 19.9. The molecule has 5 rings (SSSR count). The highest BCUT2D eigenvalue weighted by atomic mass is 32.2. The standard InChI is InChI=1S/C24H24N4O6S/c1-26-15-18(35(31,32)27-10-4-5-11-27)13-21(26)24(30)34-16-22-25-20-9-3-2-8-19(20)23(29)28(22)14-17-7-6-12-33-17/h2-3,6-9,12-13,15H,4-5,10-11,14,16H2,1H3. The lowest BCUT2D eigenvalue weighted by molar-refractivity contribution is 0.0445. The van der Waals surface area contributed by atoms with Crippen LogP contribution in [-0.2, 0) is 35.0 Å². The highest BCUT2D eigenvalue weighted by Crippen LogP contribution is 2.23. The average molecular weight is 497 g/mol. The van der Waals surface area contributed by atoms with Crippen LogP contribution in [0, 0.1) is 0 Å². The minimum atomic E-state index is -3.67. The lowest BCUT2D eigenvalue weighted by Gasteiger charge is -2.13. The number of aryl methyl sites for hydroxylation is 1. The molecule has 1 saturated heterocycles. The summed E-state index contributed by atoms with van der Waals surface area (Å²) in [6.45, 7) is 0.785. The number of sulfonamides is 1. The van der Waals surface area contributed by atoms with Gasteiger partial charge in [-0.2, -0.15) is 4.31 Å². The molecular formula is C24H24N4O6S. The van der Waals surface area contributed by atoms with Gasteiger partial charge in [0.15, 0.2) is 5.82 Å². The van der Waals surface area contributed by atoms with E-state index in [0.717, 1.165) is 12.8 Å². The molecule has 4 heterocycles. The first-order valence-electron chi connectivity index (χ1n) is 11.2. The number of ether oxygens (including phenoxy) is 1. The summed E-state index contributed by atoms with van der Waals surface area (Å²) in [5, 5.41) is 0.438. The fourth-order valence-electron chi connectivity index (χ4n) is 4.21. The highest BCUT2D eigenvalue weighted by molar-refractivity contribution is 7.89. The Kier molecular flexibility index (Phi) is 6.03. The molecule has 35 heavy (non-hydrogen) atoms. The number of carbonyl (C=O) groups excluding carboxylic acids is 1. The largest absolute Gasteiger partial charge is 0.467 e. The monoisotopic (exact) mass is 496 g/mol. The van der Waals surface area contributed by atoms with Gasteiger partial charge in [0.2, 0.25) is 10.0 Å². The molecule has 11 heteroatoms. The van der Waals surface area contributed by atoms with E-state index in [1.165, 1.54) is 32.0 Å². The second kappa shape index (κ2) is 9.16. The number of fused-ring (bicyclic) bond motifs is 1. The van der Waals surface area contributed by atoms with Crippen LogP contribution >= 0.6 is 0 Å². The van der Waals surface area contributed by atoms with Crippen LogP contribution in [0.15, 0.2) is 69.0 Å². The van der Waals surface area contributed by atoms with Gasteiger partial charge in [0.25, 0.3) is 5.56 Å². The van der Waals surface area contributed by atoms with E-state index in [2.05, 4.69) is 4.98 Å². The second-order valence-corrected chi connectivity index (χ2v) is 10.3. The van der Waals surface area contributed by atoms with Crippen molar-refractivity contribution in [2.24, 2.45) is 7.05 Å². The maximum absolute atomic E-state index is 13.1. The number of benzene rings is 1. The van der Waals surface area contributed by atoms with Gasteiger partial charge in [-0.25, -0.2) is 18.2 Å². The molecule has 0 unspecified atom stereocenters. The van der Waals surface area contributed by atoms with Crippen LogP contribution in [0.4, 0.5) is 0 Å². The quantitative estimate of drug-likeness (QED) is 0.361. The minimum absolute atomic E-state index is 0.0485. The normalized spacial score (nSPS) is 14.5. The van der Waals surface area contributed by atoms with E-state index in [1.807, 2.05) is 0 Å². The van der Waals surface area contributed by atoms with Gasteiger partial charge in [0.05, 0.1) is 23.7 Å². The topological polar surface area (TPSA) is 117 Å². The van der Waals surface area contributed by atoms with Crippen molar-refractivity contribution in [3.05, 3.63) is 82.6 Å². The van der Waals surface area contributed by atoms with Gasteiger partial charge in [-0.1, -0.05) is 12.1 Å². The Balaban J connectivity index is 1.42. The van der Waals surface area contributed by atoms with Crippen molar-refractivity contribution in [1.82, 2.24) is 18.4 Å². The number of rotatable bonds is 7. The third-order valence-electron chi connectivity index (χ3n) is 6.06. The first-order valence-corrected chi connectivity index (χ1v) is 12.6. The first kappa shape index (κ1) is 23.1. The molecule has 10 nitrogen and oxygen atoms in total. The number of nitrogens with zero attached hydrogens (tertiary/aromatic N) is 4. The number of hydrogen-bond donors (Lipinski definition) is 0. The van der Waals surface area contributed by atoms with Crippen molar-refractivity contribution in [3.8, 4) is 0 Å². The van der Waals surface area contributed by atoms with E-state index in [-0.39, 0.29) is 35.1 Å². The molecule has 0 atom stereocenters. The van der Waals surface area contributed by atoms with E-state index in [0.29, 0.717) is 29.8 Å². The zero-order chi connectivity index (χ0) is 24.6. The number of carbonyl (C=O) groups is 1. The predicted octanol–water partition coefficient (Wildman–Crippen LogP) is 2.52. The Hall–Kier alpha value is -3.70. The number of furan rings is 1. The fraction of sp³-hybridized carbons (Fsp3) is 0.292. The zero-order valence-electron chi connectivity index (χ0n) is 19.1. The number of esters is 1. The van der Waals surface area contributed by atoms with Crippen molar-refractivity contribution in [3.63, 3.8) is 0 Å². The Morgan fingerprint density at radius 2 is 1.91 bits per heavy atom. The minimum Gasteiger partial charge on any atom is -0.467 e. The number of hydrogen-bond acceptors (Lipinski definition) is 7. The third-order valence-corrected chi connectivity index (χ3v) is 7.92. The summed E-state index contributed by atoms with van der Waals surface area (Å²) >= 11 is 0.